The first-order valence-electron chi connectivity index (χ1n) is 9.02. The number of carbonyl (C=O) groups excluding carboxylic acids is 3. The van der Waals surface area contributed by atoms with Crippen molar-refractivity contribution in [3.8, 4) is 0 Å². The summed E-state index contributed by atoms with van der Waals surface area (Å²) in [4.78, 5) is 37.7. The number of nitrogens with zero attached hydrogens (tertiary/aromatic N) is 1. The molecule has 0 atom stereocenters. The largest absolute Gasteiger partial charge is 0.355 e. The van der Waals surface area contributed by atoms with E-state index in [0.717, 1.165) is 5.00 Å². The molecule has 3 aromatic rings. The fourth-order valence-electron chi connectivity index (χ4n) is 2.82. The summed E-state index contributed by atoms with van der Waals surface area (Å²) in [7, 11) is 0. The van der Waals surface area contributed by atoms with Crippen molar-refractivity contribution in [3.05, 3.63) is 88.8 Å². The van der Waals surface area contributed by atoms with E-state index in [2.05, 4.69) is 29.2 Å². The Morgan fingerprint density at radius 2 is 1.32 bits per heavy atom. The number of benzene rings is 2. The van der Waals surface area contributed by atoms with Crippen LogP contribution in [-0.2, 0) is 22.7 Å². The van der Waals surface area contributed by atoms with Gasteiger partial charge in [-0.25, -0.2) is 0 Å². The van der Waals surface area contributed by atoms with Crippen LogP contribution in [0.1, 0.15) is 34.1 Å². The first kappa shape index (κ1) is 19.7. The summed E-state index contributed by atoms with van der Waals surface area (Å²) in [5.74, 6) is -1.54. The average molecular weight is 391 g/mol. The third-order valence-electron chi connectivity index (χ3n) is 4.32. The predicted octanol–water partition coefficient (Wildman–Crippen LogP) is 4.69. The van der Waals surface area contributed by atoms with Gasteiger partial charge in [0, 0.05) is 20.0 Å². The molecule has 0 aliphatic rings. The van der Waals surface area contributed by atoms with E-state index in [1.54, 1.807) is 6.07 Å². The van der Waals surface area contributed by atoms with Crippen LogP contribution in [-0.4, -0.2) is 17.3 Å². The van der Waals surface area contributed by atoms with Crippen molar-refractivity contribution in [3.63, 3.8) is 0 Å². The van der Waals surface area contributed by atoms with E-state index in [4.69, 9.17) is 0 Å². The topological polar surface area (TPSA) is 54.5 Å². The van der Waals surface area contributed by atoms with Crippen LogP contribution in [0.3, 0.4) is 0 Å². The Balaban J connectivity index is 1.81. The maximum absolute atomic E-state index is 12.3. The van der Waals surface area contributed by atoms with Crippen LogP contribution in [0.5, 0.6) is 0 Å². The van der Waals surface area contributed by atoms with E-state index in [-0.39, 0.29) is 12.2 Å². The number of hydrogen-bond acceptors (Lipinski definition) is 5. The van der Waals surface area contributed by atoms with Crippen molar-refractivity contribution >= 4 is 33.7 Å². The Morgan fingerprint density at radius 1 is 0.786 bits per heavy atom. The molecule has 142 valence electrons. The summed E-state index contributed by atoms with van der Waals surface area (Å²) in [5.41, 5.74) is 2.35. The predicted molar refractivity (Wildman–Crippen MR) is 112 cm³/mol. The zero-order valence-corrected chi connectivity index (χ0v) is 16.4. The van der Waals surface area contributed by atoms with Gasteiger partial charge in [0.1, 0.15) is 0 Å². The molecular formula is C23H21NO3S. The second-order valence-electron chi connectivity index (χ2n) is 6.54. The van der Waals surface area contributed by atoms with Crippen molar-refractivity contribution in [2.24, 2.45) is 0 Å². The van der Waals surface area contributed by atoms with E-state index in [1.165, 1.54) is 29.4 Å². The van der Waals surface area contributed by atoms with Crippen LogP contribution in [0.4, 0.5) is 5.00 Å². The minimum Gasteiger partial charge on any atom is -0.355 e. The molecule has 28 heavy (non-hydrogen) atoms. The van der Waals surface area contributed by atoms with Gasteiger partial charge in [-0.2, -0.15) is 0 Å². The molecule has 4 nitrogen and oxygen atoms in total. The van der Waals surface area contributed by atoms with Gasteiger partial charge in [-0.05, 0) is 23.3 Å². The Kier molecular flexibility index (Phi) is 6.50. The summed E-state index contributed by atoms with van der Waals surface area (Å²) in [6, 6.07) is 23.9. The van der Waals surface area contributed by atoms with Gasteiger partial charge in [-0.15, -0.1) is 11.3 Å². The molecule has 0 spiro atoms. The van der Waals surface area contributed by atoms with E-state index in [9.17, 15) is 14.4 Å². The van der Waals surface area contributed by atoms with E-state index < -0.39 is 11.6 Å². The zero-order chi connectivity index (χ0) is 19.9. The van der Waals surface area contributed by atoms with Crippen molar-refractivity contribution < 1.29 is 14.4 Å². The molecule has 1 aromatic heterocycles. The number of ketones is 3. The van der Waals surface area contributed by atoms with E-state index >= 15 is 0 Å². The van der Waals surface area contributed by atoms with Crippen LogP contribution in [0, 0.1) is 0 Å². The fourth-order valence-corrected chi connectivity index (χ4v) is 3.77. The number of carbonyl (C=O) groups is 3. The summed E-state index contributed by atoms with van der Waals surface area (Å²) in [5, 5.41) is 0.950. The maximum atomic E-state index is 12.3. The molecule has 0 saturated carbocycles. The van der Waals surface area contributed by atoms with Gasteiger partial charge in [0.15, 0.2) is 11.6 Å². The molecule has 1 heterocycles. The molecule has 0 radical (unpaired) electrons. The summed E-state index contributed by atoms with van der Waals surface area (Å²) < 4.78 is 0. The lowest BCUT2D eigenvalue weighted by molar-refractivity contribution is -0.134. The van der Waals surface area contributed by atoms with Crippen LogP contribution < -0.4 is 4.90 Å². The third kappa shape index (κ3) is 5.24. The first-order chi connectivity index (χ1) is 13.5. The Morgan fingerprint density at radius 3 is 1.82 bits per heavy atom. The standard InChI is InChI=1S/C23H21NO3S/c1-17(25)20(26)14-21(27)22-12-13-23(28-22)24(15-18-8-4-2-5-9-18)16-19-10-6-3-7-11-19/h2-13H,14-16H2,1H3. The van der Waals surface area contributed by atoms with Gasteiger partial charge in [0.2, 0.25) is 5.78 Å². The lowest BCUT2D eigenvalue weighted by Crippen LogP contribution is -2.21. The molecular weight excluding hydrogens is 370 g/mol. The molecule has 0 fully saturated rings. The van der Waals surface area contributed by atoms with Crippen LogP contribution >= 0.6 is 11.3 Å². The van der Waals surface area contributed by atoms with Gasteiger partial charge in [0.25, 0.3) is 0 Å². The highest BCUT2D eigenvalue weighted by Crippen LogP contribution is 2.30. The normalized spacial score (nSPS) is 10.5. The molecule has 0 aliphatic carbocycles. The average Bonchev–Trinajstić information content (AvgIpc) is 3.19. The van der Waals surface area contributed by atoms with Gasteiger partial charge in [-0.1, -0.05) is 60.7 Å². The van der Waals surface area contributed by atoms with Crippen LogP contribution in [0.2, 0.25) is 0 Å². The summed E-state index contributed by atoms with van der Waals surface area (Å²) in [6.45, 7) is 2.60. The number of Topliss-reactive ketones (excluding diaryl/α,β-unsaturated/α-hetero) is 3. The highest BCUT2D eigenvalue weighted by atomic mass is 32.1. The minimum absolute atomic E-state index is 0.309. The molecule has 0 saturated heterocycles. The summed E-state index contributed by atoms with van der Waals surface area (Å²) >= 11 is 1.35. The minimum atomic E-state index is -0.648. The Bertz CT molecular complexity index is 922. The number of thiophene rings is 1. The summed E-state index contributed by atoms with van der Waals surface area (Å²) in [6.07, 6.45) is -0.368. The van der Waals surface area contributed by atoms with Crippen molar-refractivity contribution in [1.29, 1.82) is 0 Å². The highest BCUT2D eigenvalue weighted by Gasteiger charge is 2.19. The van der Waals surface area contributed by atoms with Gasteiger partial charge in [0.05, 0.1) is 16.3 Å². The van der Waals surface area contributed by atoms with Crippen molar-refractivity contribution in [2.45, 2.75) is 26.4 Å². The number of hydrogen-bond donors (Lipinski definition) is 0. The Hall–Kier alpha value is -3.05. The lowest BCUT2D eigenvalue weighted by atomic mass is 10.1. The van der Waals surface area contributed by atoms with Gasteiger partial charge >= 0.3 is 0 Å². The highest BCUT2D eigenvalue weighted by molar-refractivity contribution is 7.18. The van der Waals surface area contributed by atoms with Gasteiger partial charge in [-0.3, -0.25) is 14.4 Å². The van der Waals surface area contributed by atoms with Crippen LogP contribution in [0.25, 0.3) is 0 Å². The Labute approximate surface area is 168 Å². The monoisotopic (exact) mass is 391 g/mol. The quantitative estimate of drug-likeness (QED) is 0.302. The number of anilines is 1. The number of rotatable bonds is 9. The van der Waals surface area contributed by atoms with Crippen LogP contribution in [0.15, 0.2) is 72.8 Å². The second kappa shape index (κ2) is 9.24. The first-order valence-corrected chi connectivity index (χ1v) is 9.84. The second-order valence-corrected chi connectivity index (χ2v) is 7.61. The molecule has 5 heteroatoms. The SMILES string of the molecule is CC(=O)C(=O)CC(=O)c1ccc(N(Cc2ccccc2)Cc2ccccc2)s1. The molecule has 0 amide bonds. The van der Waals surface area contributed by atoms with Crippen molar-refractivity contribution in [2.75, 3.05) is 4.90 Å². The molecule has 0 bridgehead atoms. The van der Waals surface area contributed by atoms with E-state index in [1.807, 2.05) is 42.5 Å². The van der Waals surface area contributed by atoms with Gasteiger partial charge < -0.3 is 4.90 Å². The zero-order valence-electron chi connectivity index (χ0n) is 15.6. The third-order valence-corrected chi connectivity index (χ3v) is 5.51. The smallest absolute Gasteiger partial charge is 0.205 e. The molecule has 2 aromatic carbocycles. The van der Waals surface area contributed by atoms with E-state index in [0.29, 0.717) is 18.0 Å². The molecule has 3 rings (SSSR count). The van der Waals surface area contributed by atoms with Crippen molar-refractivity contribution in [1.82, 2.24) is 0 Å². The lowest BCUT2D eigenvalue weighted by Gasteiger charge is -2.23. The fraction of sp³-hybridized carbons (Fsp3) is 0.174. The molecule has 0 unspecified atom stereocenters. The molecule has 0 N–H and O–H groups in total. The maximum Gasteiger partial charge on any atom is 0.205 e. The molecule has 0 aliphatic heterocycles.